The van der Waals surface area contributed by atoms with E-state index in [1.165, 1.54) is 0 Å². The van der Waals surface area contributed by atoms with Gasteiger partial charge in [0.2, 0.25) is 0 Å². The summed E-state index contributed by atoms with van der Waals surface area (Å²) >= 11 is 0. The number of methoxy groups -OCH3 is 1. The van der Waals surface area contributed by atoms with E-state index in [1.54, 1.807) is 14.0 Å². The number of hydrogen-bond donors (Lipinski definition) is 0. The highest BCUT2D eigenvalue weighted by Gasteiger charge is 2.31. The zero-order valence-electron chi connectivity index (χ0n) is 14.4. The lowest BCUT2D eigenvalue weighted by Gasteiger charge is -2.27. The van der Waals surface area contributed by atoms with E-state index in [4.69, 9.17) is 15.9 Å². The Morgan fingerprint density at radius 2 is 2.17 bits per heavy atom. The number of Topliss-reactive ketones (excluding diaryl/α,β-unsaturated/α-hetero) is 1. The molecule has 1 aromatic carbocycles. The molecule has 0 bridgehead atoms. The highest BCUT2D eigenvalue weighted by Crippen LogP contribution is 2.39. The first-order valence-corrected chi connectivity index (χ1v) is 8.11. The molecule has 1 aliphatic carbocycles. The van der Waals surface area contributed by atoms with Gasteiger partial charge in [-0.1, -0.05) is 18.8 Å². The van der Waals surface area contributed by atoms with Crippen LogP contribution in [0.15, 0.2) is 24.0 Å². The van der Waals surface area contributed by atoms with E-state index in [1.807, 2.05) is 18.2 Å². The van der Waals surface area contributed by atoms with Crippen molar-refractivity contribution >= 4 is 11.4 Å². The van der Waals surface area contributed by atoms with Crippen LogP contribution in [0, 0.1) is 30.1 Å². The Kier molecular flexibility index (Phi) is 6.10. The highest BCUT2D eigenvalue weighted by molar-refractivity contribution is 6.22. The molecule has 3 heteroatoms. The molecule has 124 valence electrons. The largest absolute Gasteiger partial charge is 0.496 e. The van der Waals surface area contributed by atoms with Crippen molar-refractivity contribution in [2.24, 2.45) is 5.92 Å². The lowest BCUT2D eigenvalue weighted by Crippen LogP contribution is -2.21. The summed E-state index contributed by atoms with van der Waals surface area (Å²) in [5.74, 6) is 9.93. The minimum absolute atomic E-state index is 0.0688. The number of rotatable bonds is 5. The van der Waals surface area contributed by atoms with Gasteiger partial charge in [-0.05, 0) is 38.0 Å². The average molecular weight is 322 g/mol. The van der Waals surface area contributed by atoms with E-state index in [2.05, 4.69) is 24.7 Å². The topological polar surface area (TPSA) is 35.5 Å². The van der Waals surface area contributed by atoms with E-state index in [9.17, 15) is 4.79 Å². The van der Waals surface area contributed by atoms with Gasteiger partial charge in [0.25, 0.3) is 0 Å². The van der Waals surface area contributed by atoms with Crippen molar-refractivity contribution in [2.45, 2.75) is 33.1 Å². The molecule has 0 radical (unpaired) electrons. The first-order chi connectivity index (χ1) is 11.7. The Balaban J connectivity index is 2.62. The van der Waals surface area contributed by atoms with Crippen molar-refractivity contribution in [2.75, 3.05) is 13.7 Å². The van der Waals surface area contributed by atoms with Gasteiger partial charge in [-0.25, -0.2) is 0 Å². The molecule has 0 heterocycles. The molecule has 1 aliphatic rings. The summed E-state index contributed by atoms with van der Waals surface area (Å²) in [7, 11) is 1.59. The number of terminal acetylenes is 1. The number of allylic oxidation sites excluding steroid dienone is 2. The summed E-state index contributed by atoms with van der Waals surface area (Å²) in [6, 6.07) is 5.62. The van der Waals surface area contributed by atoms with Crippen molar-refractivity contribution in [3.05, 3.63) is 35.1 Å². The third-order valence-corrected chi connectivity index (χ3v) is 4.16. The number of carbonyl (C=O) groups excluding carboxylic acids is 1. The molecule has 2 rings (SSSR count). The van der Waals surface area contributed by atoms with E-state index in [0.29, 0.717) is 23.5 Å². The molecule has 0 N–H and O–H groups in total. The summed E-state index contributed by atoms with van der Waals surface area (Å²) in [5, 5.41) is 0. The predicted molar refractivity (Wildman–Crippen MR) is 95.3 cm³/mol. The fourth-order valence-electron chi connectivity index (χ4n) is 3.00. The minimum atomic E-state index is 0.0688. The third kappa shape index (κ3) is 3.63. The fourth-order valence-corrected chi connectivity index (χ4v) is 3.00. The van der Waals surface area contributed by atoms with Crippen molar-refractivity contribution in [1.29, 1.82) is 0 Å². The number of ketones is 1. The molecular formula is C21H22O3. The smallest absolute Gasteiger partial charge is 0.167 e. The number of carbonyl (C=O) groups is 1. The molecule has 1 aromatic rings. The van der Waals surface area contributed by atoms with Crippen LogP contribution < -0.4 is 4.74 Å². The van der Waals surface area contributed by atoms with Crippen molar-refractivity contribution < 1.29 is 14.3 Å². The summed E-state index contributed by atoms with van der Waals surface area (Å²) in [6.45, 7) is 4.03. The van der Waals surface area contributed by atoms with Crippen molar-refractivity contribution in [1.82, 2.24) is 0 Å². The first-order valence-electron chi connectivity index (χ1n) is 8.11. The average Bonchev–Trinajstić information content (AvgIpc) is 2.60. The van der Waals surface area contributed by atoms with Crippen LogP contribution in [0.25, 0.3) is 5.57 Å². The van der Waals surface area contributed by atoms with Gasteiger partial charge >= 0.3 is 0 Å². The van der Waals surface area contributed by atoms with Gasteiger partial charge in [0.15, 0.2) is 5.78 Å². The molecule has 24 heavy (non-hydrogen) atoms. The molecular weight excluding hydrogens is 300 g/mol. The molecule has 0 fully saturated rings. The fraction of sp³-hybridized carbons (Fsp3) is 0.381. The summed E-state index contributed by atoms with van der Waals surface area (Å²) < 4.78 is 11.3. The second-order valence-electron chi connectivity index (χ2n) is 5.59. The summed E-state index contributed by atoms with van der Waals surface area (Å²) in [4.78, 5) is 12.6. The summed E-state index contributed by atoms with van der Waals surface area (Å²) in [5.41, 5.74) is 2.19. The Morgan fingerprint density at radius 1 is 1.38 bits per heavy atom. The van der Waals surface area contributed by atoms with Gasteiger partial charge in [-0.2, -0.15) is 0 Å². The Labute approximate surface area is 144 Å². The third-order valence-electron chi connectivity index (χ3n) is 4.16. The number of ether oxygens (including phenoxy) is 2. The van der Waals surface area contributed by atoms with Crippen LogP contribution in [0.5, 0.6) is 5.75 Å². The van der Waals surface area contributed by atoms with Crippen LogP contribution in [0.1, 0.15) is 44.2 Å². The standard InChI is InChI=1S/C21H22O3/c1-5-8-15-9-11-17(19(14-15)23-4)20-18(22)12-10-16(7-3)21(20)24-13-6-2/h2,9,11,14,16H,7,10,12-13H2,1,3-4H3. The lowest BCUT2D eigenvalue weighted by molar-refractivity contribution is -0.114. The molecule has 0 spiro atoms. The second-order valence-corrected chi connectivity index (χ2v) is 5.59. The van der Waals surface area contributed by atoms with Crippen LogP contribution in [0.2, 0.25) is 0 Å². The Morgan fingerprint density at radius 3 is 2.79 bits per heavy atom. The van der Waals surface area contributed by atoms with Crippen molar-refractivity contribution in [3.8, 4) is 29.9 Å². The van der Waals surface area contributed by atoms with E-state index < -0.39 is 0 Å². The van der Waals surface area contributed by atoms with Gasteiger partial charge in [0.05, 0.1) is 12.7 Å². The zero-order chi connectivity index (χ0) is 17.5. The summed E-state index contributed by atoms with van der Waals surface area (Å²) in [6.07, 6.45) is 7.54. The Bertz CT molecular complexity index is 754. The molecule has 0 aromatic heterocycles. The van der Waals surface area contributed by atoms with Gasteiger partial charge in [0, 0.05) is 23.5 Å². The van der Waals surface area contributed by atoms with Crippen LogP contribution in [-0.4, -0.2) is 19.5 Å². The Hall–Kier alpha value is -2.65. The molecule has 0 saturated carbocycles. The first kappa shape index (κ1) is 17.7. The van der Waals surface area contributed by atoms with Crippen molar-refractivity contribution in [3.63, 3.8) is 0 Å². The molecule has 0 amide bonds. The normalized spacial score (nSPS) is 16.9. The highest BCUT2D eigenvalue weighted by atomic mass is 16.5. The van der Waals surface area contributed by atoms with E-state index >= 15 is 0 Å². The van der Waals surface area contributed by atoms with Gasteiger partial charge in [-0.3, -0.25) is 4.79 Å². The van der Waals surface area contributed by atoms with Gasteiger partial charge in [-0.15, -0.1) is 12.3 Å². The molecule has 1 atom stereocenters. The van der Waals surface area contributed by atoms with Crippen LogP contribution in [-0.2, 0) is 9.53 Å². The van der Waals surface area contributed by atoms with Crippen LogP contribution in [0.3, 0.4) is 0 Å². The predicted octanol–water partition coefficient (Wildman–Crippen LogP) is 3.82. The quantitative estimate of drug-likeness (QED) is 0.773. The van der Waals surface area contributed by atoms with Crippen LogP contribution >= 0.6 is 0 Å². The molecule has 1 unspecified atom stereocenters. The van der Waals surface area contributed by atoms with Gasteiger partial charge in [0.1, 0.15) is 18.1 Å². The SMILES string of the molecule is C#CCOC1=C(c2ccc(C#CC)cc2OC)C(=O)CCC1CC. The van der Waals surface area contributed by atoms with E-state index in [-0.39, 0.29) is 18.3 Å². The zero-order valence-corrected chi connectivity index (χ0v) is 14.4. The van der Waals surface area contributed by atoms with Crippen LogP contribution in [0.4, 0.5) is 0 Å². The van der Waals surface area contributed by atoms with E-state index in [0.717, 1.165) is 24.0 Å². The maximum atomic E-state index is 12.6. The number of benzene rings is 1. The lowest BCUT2D eigenvalue weighted by atomic mass is 9.82. The maximum Gasteiger partial charge on any atom is 0.167 e. The monoisotopic (exact) mass is 322 g/mol. The number of hydrogen-bond acceptors (Lipinski definition) is 3. The second kappa shape index (κ2) is 8.27. The molecule has 3 nitrogen and oxygen atoms in total. The molecule has 0 saturated heterocycles. The molecule has 0 aliphatic heterocycles. The maximum absolute atomic E-state index is 12.6. The van der Waals surface area contributed by atoms with Gasteiger partial charge < -0.3 is 9.47 Å². The minimum Gasteiger partial charge on any atom is -0.496 e.